The van der Waals surface area contributed by atoms with Crippen molar-refractivity contribution in [1.29, 1.82) is 0 Å². The molecule has 1 saturated carbocycles. The minimum absolute atomic E-state index is 0.176. The zero-order valence-electron chi connectivity index (χ0n) is 11.0. The molecule has 0 saturated heterocycles. The van der Waals surface area contributed by atoms with Gasteiger partial charge in [0.15, 0.2) is 17.3 Å². The number of hydrogen-bond donors (Lipinski definition) is 1. The summed E-state index contributed by atoms with van der Waals surface area (Å²) in [5.74, 6) is 0.267. The van der Waals surface area contributed by atoms with Gasteiger partial charge in [-0.1, -0.05) is 18.9 Å². The van der Waals surface area contributed by atoms with Gasteiger partial charge in [0, 0.05) is 12.0 Å². The van der Waals surface area contributed by atoms with Crippen molar-refractivity contribution in [1.82, 2.24) is 0 Å². The van der Waals surface area contributed by atoms with E-state index in [4.69, 9.17) is 15.2 Å². The Hall–Kier alpha value is -1.29. The van der Waals surface area contributed by atoms with Crippen molar-refractivity contribution in [3.63, 3.8) is 0 Å². The maximum atomic E-state index is 14.5. The second kappa shape index (κ2) is 5.14. The number of halogens is 1. The van der Waals surface area contributed by atoms with Crippen LogP contribution in [-0.4, -0.2) is 20.8 Å². The maximum Gasteiger partial charge on any atom is 0.197 e. The zero-order chi connectivity index (χ0) is 13.2. The van der Waals surface area contributed by atoms with Crippen molar-refractivity contribution in [2.75, 3.05) is 20.8 Å². The molecule has 0 spiro atoms. The highest BCUT2D eigenvalue weighted by Gasteiger charge is 2.37. The summed E-state index contributed by atoms with van der Waals surface area (Å²) in [6.07, 6.45) is 4.09. The van der Waals surface area contributed by atoms with E-state index in [0.29, 0.717) is 17.9 Å². The Morgan fingerprint density at radius 3 is 2.39 bits per heavy atom. The molecule has 18 heavy (non-hydrogen) atoms. The average Bonchev–Trinajstić information content (AvgIpc) is 2.88. The third kappa shape index (κ3) is 1.94. The molecule has 3 nitrogen and oxygen atoms in total. The molecule has 0 heterocycles. The summed E-state index contributed by atoms with van der Waals surface area (Å²) >= 11 is 0. The smallest absolute Gasteiger partial charge is 0.197 e. The summed E-state index contributed by atoms with van der Waals surface area (Å²) in [5, 5.41) is 0. The van der Waals surface area contributed by atoms with E-state index in [0.717, 1.165) is 25.7 Å². The molecule has 1 aromatic carbocycles. The third-order valence-corrected chi connectivity index (χ3v) is 4.01. The van der Waals surface area contributed by atoms with Crippen molar-refractivity contribution in [3.8, 4) is 11.5 Å². The second-order valence-corrected chi connectivity index (χ2v) is 4.85. The lowest BCUT2D eigenvalue weighted by Gasteiger charge is -2.29. The molecule has 0 aromatic heterocycles. The fourth-order valence-electron chi connectivity index (χ4n) is 2.93. The van der Waals surface area contributed by atoms with Crippen molar-refractivity contribution < 1.29 is 13.9 Å². The zero-order valence-corrected chi connectivity index (χ0v) is 11.0. The van der Waals surface area contributed by atoms with Gasteiger partial charge >= 0.3 is 0 Å². The fourth-order valence-corrected chi connectivity index (χ4v) is 2.93. The van der Waals surface area contributed by atoms with Gasteiger partial charge in [-0.3, -0.25) is 0 Å². The van der Waals surface area contributed by atoms with E-state index in [2.05, 4.69) is 0 Å². The standard InChI is InChI=1S/C14H20FNO2/c1-17-11-6-5-10(12(15)13(11)18-2)14(9-16)7-3-4-8-14/h5-6H,3-4,7-9,16H2,1-2H3. The van der Waals surface area contributed by atoms with Gasteiger partial charge in [-0.05, 0) is 24.5 Å². The molecule has 0 atom stereocenters. The normalized spacial score (nSPS) is 17.8. The van der Waals surface area contributed by atoms with Crippen LogP contribution in [0.2, 0.25) is 0 Å². The number of methoxy groups -OCH3 is 2. The van der Waals surface area contributed by atoms with Gasteiger partial charge in [-0.15, -0.1) is 0 Å². The first kappa shape index (κ1) is 13.1. The highest BCUT2D eigenvalue weighted by Crippen LogP contribution is 2.44. The first-order chi connectivity index (χ1) is 8.68. The van der Waals surface area contributed by atoms with Gasteiger partial charge in [-0.2, -0.15) is 0 Å². The SMILES string of the molecule is COc1ccc(C2(CN)CCCC2)c(F)c1OC. The number of benzene rings is 1. The molecule has 0 unspecified atom stereocenters. The van der Waals surface area contributed by atoms with E-state index in [1.807, 2.05) is 0 Å². The molecule has 0 radical (unpaired) electrons. The molecule has 2 N–H and O–H groups in total. The van der Waals surface area contributed by atoms with Gasteiger partial charge in [0.2, 0.25) is 0 Å². The van der Waals surface area contributed by atoms with Crippen molar-refractivity contribution in [2.45, 2.75) is 31.1 Å². The van der Waals surface area contributed by atoms with Crippen LogP contribution in [-0.2, 0) is 5.41 Å². The van der Waals surface area contributed by atoms with E-state index in [-0.39, 0.29) is 17.0 Å². The Bertz CT molecular complexity index is 428. The first-order valence-electron chi connectivity index (χ1n) is 6.29. The summed E-state index contributed by atoms with van der Waals surface area (Å²) < 4.78 is 24.8. The molecule has 0 aliphatic heterocycles. The average molecular weight is 253 g/mol. The molecule has 0 bridgehead atoms. The Morgan fingerprint density at radius 2 is 1.89 bits per heavy atom. The Kier molecular flexibility index (Phi) is 3.76. The third-order valence-electron chi connectivity index (χ3n) is 4.01. The quantitative estimate of drug-likeness (QED) is 0.897. The molecular formula is C14H20FNO2. The molecule has 0 amide bonds. The van der Waals surface area contributed by atoms with Crippen LogP contribution in [0.25, 0.3) is 0 Å². The van der Waals surface area contributed by atoms with E-state index < -0.39 is 0 Å². The molecule has 1 aromatic rings. The summed E-state index contributed by atoms with van der Waals surface area (Å²) in [7, 11) is 2.96. The van der Waals surface area contributed by atoms with Crippen LogP contribution in [0.15, 0.2) is 12.1 Å². The fraction of sp³-hybridized carbons (Fsp3) is 0.571. The van der Waals surface area contributed by atoms with E-state index in [1.54, 1.807) is 12.1 Å². The highest BCUT2D eigenvalue weighted by molar-refractivity contribution is 5.47. The highest BCUT2D eigenvalue weighted by atomic mass is 19.1. The number of ether oxygens (including phenoxy) is 2. The van der Waals surface area contributed by atoms with Crippen molar-refractivity contribution in [2.24, 2.45) is 5.73 Å². The molecule has 100 valence electrons. The molecule has 1 aliphatic rings. The Labute approximate surface area is 107 Å². The van der Waals surface area contributed by atoms with Crippen LogP contribution < -0.4 is 15.2 Å². The van der Waals surface area contributed by atoms with Gasteiger partial charge in [-0.25, -0.2) is 4.39 Å². The van der Waals surface area contributed by atoms with Crippen molar-refractivity contribution >= 4 is 0 Å². The number of nitrogens with two attached hydrogens (primary N) is 1. The predicted molar refractivity (Wildman–Crippen MR) is 68.7 cm³/mol. The Balaban J connectivity index is 2.51. The second-order valence-electron chi connectivity index (χ2n) is 4.85. The molecule has 2 rings (SSSR count). The van der Waals surface area contributed by atoms with E-state index >= 15 is 0 Å². The van der Waals surface area contributed by atoms with Gasteiger partial charge in [0.1, 0.15) is 0 Å². The lowest BCUT2D eigenvalue weighted by atomic mass is 9.78. The lowest BCUT2D eigenvalue weighted by Crippen LogP contribution is -2.33. The predicted octanol–water partition coefficient (Wildman–Crippen LogP) is 2.61. The van der Waals surface area contributed by atoms with Gasteiger partial charge in [0.25, 0.3) is 0 Å². The van der Waals surface area contributed by atoms with Crippen LogP contribution >= 0.6 is 0 Å². The van der Waals surface area contributed by atoms with E-state index in [1.165, 1.54) is 14.2 Å². The largest absolute Gasteiger partial charge is 0.493 e. The monoisotopic (exact) mass is 253 g/mol. The molecular weight excluding hydrogens is 233 g/mol. The van der Waals surface area contributed by atoms with E-state index in [9.17, 15) is 4.39 Å². The summed E-state index contributed by atoms with van der Waals surface area (Å²) in [6, 6.07) is 3.54. The van der Waals surface area contributed by atoms with Gasteiger partial charge in [0.05, 0.1) is 14.2 Å². The lowest BCUT2D eigenvalue weighted by molar-refractivity contribution is 0.328. The van der Waals surface area contributed by atoms with Crippen LogP contribution in [0, 0.1) is 5.82 Å². The van der Waals surface area contributed by atoms with Crippen LogP contribution in [0.4, 0.5) is 4.39 Å². The first-order valence-corrected chi connectivity index (χ1v) is 6.29. The minimum Gasteiger partial charge on any atom is -0.493 e. The number of hydrogen-bond acceptors (Lipinski definition) is 3. The molecule has 1 aliphatic carbocycles. The minimum atomic E-state index is -0.329. The summed E-state index contributed by atoms with van der Waals surface area (Å²) in [4.78, 5) is 0. The van der Waals surface area contributed by atoms with Crippen LogP contribution in [0.1, 0.15) is 31.2 Å². The molecule has 4 heteroatoms. The topological polar surface area (TPSA) is 44.5 Å². The summed E-state index contributed by atoms with van der Waals surface area (Å²) in [5.41, 5.74) is 6.33. The number of rotatable bonds is 4. The van der Waals surface area contributed by atoms with Crippen LogP contribution in [0.3, 0.4) is 0 Å². The van der Waals surface area contributed by atoms with Gasteiger partial charge < -0.3 is 15.2 Å². The molecule has 1 fully saturated rings. The summed E-state index contributed by atoms with van der Waals surface area (Å²) in [6.45, 7) is 0.472. The Morgan fingerprint density at radius 1 is 1.22 bits per heavy atom. The van der Waals surface area contributed by atoms with Crippen molar-refractivity contribution in [3.05, 3.63) is 23.5 Å². The maximum absolute atomic E-state index is 14.5. The van der Waals surface area contributed by atoms with Crippen LogP contribution in [0.5, 0.6) is 11.5 Å².